The minimum Gasteiger partial charge on any atom is -0.298 e. The Labute approximate surface area is 113 Å². The fourth-order valence-electron chi connectivity index (χ4n) is 2.24. The maximum absolute atomic E-state index is 11.2. The number of para-hydroxylation sites is 2. The molecule has 2 aromatic heterocycles. The SMILES string of the molecule is Cc1c(C=O)c(Cl)n2c(nc3ccccc32)c1C#N. The van der Waals surface area contributed by atoms with Gasteiger partial charge in [0, 0.05) is 0 Å². The summed E-state index contributed by atoms with van der Waals surface area (Å²) in [5.41, 5.74) is 3.27. The van der Waals surface area contributed by atoms with E-state index in [0.29, 0.717) is 28.6 Å². The molecule has 92 valence electrons. The lowest BCUT2D eigenvalue weighted by atomic mass is 10.1. The largest absolute Gasteiger partial charge is 0.298 e. The predicted octanol–water partition coefficient (Wildman–Crippen LogP) is 3.13. The summed E-state index contributed by atoms with van der Waals surface area (Å²) in [7, 11) is 0. The van der Waals surface area contributed by atoms with Crippen LogP contribution in [-0.2, 0) is 0 Å². The minimum atomic E-state index is 0.287. The molecular weight excluding hydrogens is 262 g/mol. The Balaban J connectivity index is 2.68. The van der Waals surface area contributed by atoms with Crippen molar-refractivity contribution in [2.45, 2.75) is 6.92 Å². The lowest BCUT2D eigenvalue weighted by Gasteiger charge is -2.08. The highest BCUT2D eigenvalue weighted by Crippen LogP contribution is 2.29. The molecule has 0 saturated carbocycles. The van der Waals surface area contributed by atoms with E-state index in [2.05, 4.69) is 11.1 Å². The van der Waals surface area contributed by atoms with Gasteiger partial charge in [0.1, 0.15) is 11.2 Å². The van der Waals surface area contributed by atoms with Crippen molar-refractivity contribution in [1.82, 2.24) is 9.38 Å². The van der Waals surface area contributed by atoms with Gasteiger partial charge in [-0.3, -0.25) is 9.20 Å². The fraction of sp³-hybridized carbons (Fsp3) is 0.0714. The molecule has 0 aliphatic carbocycles. The summed E-state index contributed by atoms with van der Waals surface area (Å²) < 4.78 is 1.65. The van der Waals surface area contributed by atoms with E-state index < -0.39 is 0 Å². The van der Waals surface area contributed by atoms with Gasteiger partial charge in [-0.1, -0.05) is 23.7 Å². The molecule has 5 heteroatoms. The monoisotopic (exact) mass is 269 g/mol. The quantitative estimate of drug-likeness (QED) is 0.504. The number of imidazole rings is 1. The van der Waals surface area contributed by atoms with Gasteiger partial charge in [0.15, 0.2) is 11.9 Å². The number of pyridine rings is 1. The second kappa shape index (κ2) is 4.08. The Bertz CT molecular complexity index is 874. The van der Waals surface area contributed by atoms with E-state index in [9.17, 15) is 10.1 Å². The van der Waals surface area contributed by atoms with Crippen LogP contribution in [0.2, 0.25) is 5.15 Å². The third-order valence-electron chi connectivity index (χ3n) is 3.21. The second-order valence-electron chi connectivity index (χ2n) is 4.19. The number of rotatable bonds is 1. The van der Waals surface area contributed by atoms with Crippen LogP contribution in [0.5, 0.6) is 0 Å². The highest BCUT2D eigenvalue weighted by Gasteiger charge is 2.18. The molecule has 19 heavy (non-hydrogen) atoms. The van der Waals surface area contributed by atoms with Crippen molar-refractivity contribution in [3.63, 3.8) is 0 Å². The van der Waals surface area contributed by atoms with Crippen LogP contribution in [-0.4, -0.2) is 15.7 Å². The van der Waals surface area contributed by atoms with Crippen molar-refractivity contribution in [2.75, 3.05) is 0 Å². The Morgan fingerprint density at radius 1 is 1.42 bits per heavy atom. The van der Waals surface area contributed by atoms with Crippen molar-refractivity contribution in [3.8, 4) is 6.07 Å². The molecule has 0 saturated heterocycles. The van der Waals surface area contributed by atoms with Gasteiger partial charge in [-0.15, -0.1) is 0 Å². The summed E-state index contributed by atoms with van der Waals surface area (Å²) in [6.45, 7) is 1.70. The molecule has 4 nitrogen and oxygen atoms in total. The summed E-state index contributed by atoms with van der Waals surface area (Å²) in [6, 6.07) is 9.52. The molecule has 0 aliphatic heterocycles. The van der Waals surface area contributed by atoms with Crippen molar-refractivity contribution in [3.05, 3.63) is 46.1 Å². The summed E-state index contributed by atoms with van der Waals surface area (Å²) in [5.74, 6) is 0. The molecule has 3 aromatic rings. The van der Waals surface area contributed by atoms with Crippen LogP contribution >= 0.6 is 11.6 Å². The van der Waals surface area contributed by atoms with E-state index in [-0.39, 0.29) is 5.15 Å². The van der Waals surface area contributed by atoms with Gasteiger partial charge in [0.05, 0.1) is 22.2 Å². The molecule has 0 unspecified atom stereocenters. The number of aromatic nitrogens is 2. The third kappa shape index (κ3) is 1.46. The second-order valence-corrected chi connectivity index (χ2v) is 4.55. The molecule has 0 bridgehead atoms. The number of hydrogen-bond acceptors (Lipinski definition) is 3. The topological polar surface area (TPSA) is 58.2 Å². The average molecular weight is 270 g/mol. The van der Waals surface area contributed by atoms with Crippen LogP contribution in [0, 0.1) is 18.3 Å². The van der Waals surface area contributed by atoms with Gasteiger partial charge in [0.2, 0.25) is 0 Å². The average Bonchev–Trinajstić information content (AvgIpc) is 2.79. The molecule has 0 N–H and O–H groups in total. The standard InChI is InChI=1S/C14H8ClN3O/c1-8-9(6-16)14-17-11-4-2-3-5-12(11)18(14)13(15)10(8)7-19/h2-5,7H,1H3. The molecule has 2 heterocycles. The van der Waals surface area contributed by atoms with Gasteiger partial charge in [-0.2, -0.15) is 5.26 Å². The molecule has 0 radical (unpaired) electrons. The van der Waals surface area contributed by atoms with Crippen molar-refractivity contribution in [2.24, 2.45) is 0 Å². The van der Waals surface area contributed by atoms with E-state index in [4.69, 9.17) is 11.6 Å². The molecule has 0 spiro atoms. The number of fused-ring (bicyclic) bond motifs is 3. The number of carbonyl (C=O) groups excluding carboxylic acids is 1. The molecular formula is C14H8ClN3O. The number of benzene rings is 1. The summed E-state index contributed by atoms with van der Waals surface area (Å²) in [6.07, 6.45) is 0.673. The van der Waals surface area contributed by atoms with Crippen LogP contribution in [0.1, 0.15) is 21.5 Å². The Hall–Kier alpha value is -2.38. The Morgan fingerprint density at radius 3 is 2.84 bits per heavy atom. The predicted molar refractivity (Wildman–Crippen MR) is 72.5 cm³/mol. The molecule has 0 atom stereocenters. The Morgan fingerprint density at radius 2 is 2.16 bits per heavy atom. The van der Waals surface area contributed by atoms with Gasteiger partial charge >= 0.3 is 0 Å². The first-order valence-electron chi connectivity index (χ1n) is 5.63. The first-order chi connectivity index (χ1) is 9.19. The number of halogens is 1. The third-order valence-corrected chi connectivity index (χ3v) is 3.58. The smallest absolute Gasteiger partial charge is 0.157 e. The maximum atomic E-state index is 11.2. The zero-order chi connectivity index (χ0) is 13.6. The van der Waals surface area contributed by atoms with Gasteiger partial charge < -0.3 is 0 Å². The molecule has 3 rings (SSSR count). The maximum Gasteiger partial charge on any atom is 0.157 e. The summed E-state index contributed by atoms with van der Waals surface area (Å²) >= 11 is 6.28. The van der Waals surface area contributed by atoms with E-state index in [1.54, 1.807) is 11.3 Å². The lowest BCUT2D eigenvalue weighted by molar-refractivity contribution is 0.112. The summed E-state index contributed by atoms with van der Waals surface area (Å²) in [5, 5.41) is 9.58. The van der Waals surface area contributed by atoms with Gasteiger partial charge in [-0.05, 0) is 24.6 Å². The molecule has 0 amide bonds. The van der Waals surface area contributed by atoms with Crippen LogP contribution in [0.3, 0.4) is 0 Å². The number of carbonyl (C=O) groups is 1. The molecule has 1 aromatic carbocycles. The van der Waals surface area contributed by atoms with Crippen LogP contribution in [0.4, 0.5) is 0 Å². The van der Waals surface area contributed by atoms with E-state index in [0.717, 1.165) is 11.0 Å². The number of nitrogens with zero attached hydrogens (tertiary/aromatic N) is 3. The van der Waals surface area contributed by atoms with Crippen LogP contribution < -0.4 is 0 Å². The van der Waals surface area contributed by atoms with E-state index in [1.807, 2.05) is 24.3 Å². The zero-order valence-corrected chi connectivity index (χ0v) is 10.8. The molecule has 0 fully saturated rings. The van der Waals surface area contributed by atoms with E-state index in [1.165, 1.54) is 0 Å². The van der Waals surface area contributed by atoms with Crippen molar-refractivity contribution < 1.29 is 4.79 Å². The normalized spacial score (nSPS) is 10.8. The highest BCUT2D eigenvalue weighted by atomic mass is 35.5. The Kier molecular flexibility index (Phi) is 2.51. The highest BCUT2D eigenvalue weighted by molar-refractivity contribution is 6.32. The molecule has 0 aliphatic rings. The van der Waals surface area contributed by atoms with Crippen molar-refractivity contribution in [1.29, 1.82) is 5.26 Å². The zero-order valence-electron chi connectivity index (χ0n) is 10.0. The number of nitriles is 1. The lowest BCUT2D eigenvalue weighted by Crippen LogP contribution is -2.01. The minimum absolute atomic E-state index is 0.287. The van der Waals surface area contributed by atoms with Gasteiger partial charge in [-0.25, -0.2) is 4.98 Å². The first-order valence-corrected chi connectivity index (χ1v) is 6.01. The number of aldehydes is 1. The van der Waals surface area contributed by atoms with E-state index >= 15 is 0 Å². The van der Waals surface area contributed by atoms with Gasteiger partial charge in [0.25, 0.3) is 0 Å². The van der Waals surface area contributed by atoms with Crippen molar-refractivity contribution >= 4 is 34.6 Å². The van der Waals surface area contributed by atoms with Crippen LogP contribution in [0.15, 0.2) is 24.3 Å². The fourth-order valence-corrected chi connectivity index (χ4v) is 2.60. The summed E-state index contributed by atoms with van der Waals surface area (Å²) in [4.78, 5) is 15.6. The van der Waals surface area contributed by atoms with Crippen LogP contribution in [0.25, 0.3) is 16.7 Å². The first kappa shape index (κ1) is 11.7. The number of hydrogen-bond donors (Lipinski definition) is 0.